The van der Waals surface area contributed by atoms with Crippen LogP contribution in [0, 0.1) is 6.92 Å². The third kappa shape index (κ3) is 3.04. The van der Waals surface area contributed by atoms with Crippen LogP contribution in [0.2, 0.25) is 0 Å². The summed E-state index contributed by atoms with van der Waals surface area (Å²) in [7, 11) is 1.81. The molecule has 1 fully saturated rings. The molecule has 1 aliphatic heterocycles. The summed E-state index contributed by atoms with van der Waals surface area (Å²) in [6, 6.07) is 9.76. The first-order valence-corrected chi connectivity index (χ1v) is 8.09. The maximum Gasteiger partial charge on any atom is 0.257 e. The lowest BCUT2D eigenvalue weighted by Gasteiger charge is -2.41. The number of amides is 2. The summed E-state index contributed by atoms with van der Waals surface area (Å²) in [5.41, 5.74) is 2.40. The van der Waals surface area contributed by atoms with Crippen LogP contribution in [0.3, 0.4) is 0 Å². The van der Waals surface area contributed by atoms with Crippen molar-refractivity contribution in [3.8, 4) is 0 Å². The van der Waals surface area contributed by atoms with Crippen molar-refractivity contribution in [1.29, 1.82) is 0 Å². The van der Waals surface area contributed by atoms with Gasteiger partial charge in [-0.3, -0.25) is 14.3 Å². The predicted octanol–water partition coefficient (Wildman–Crippen LogP) is 1.77. The van der Waals surface area contributed by atoms with Crippen LogP contribution < -0.4 is 0 Å². The molecule has 1 aromatic heterocycles. The van der Waals surface area contributed by atoms with Crippen LogP contribution in [0.1, 0.15) is 34.6 Å². The summed E-state index contributed by atoms with van der Waals surface area (Å²) in [6.07, 6.45) is 1.76. The van der Waals surface area contributed by atoms with E-state index in [1.807, 2.05) is 54.1 Å². The van der Waals surface area contributed by atoms with Crippen molar-refractivity contribution in [1.82, 2.24) is 19.6 Å². The second-order valence-corrected chi connectivity index (χ2v) is 6.19. The first-order chi connectivity index (χ1) is 11.5. The number of aryl methyl sites for hydroxylation is 2. The standard InChI is InChI=1S/C18H22N4O2/c1-13-16(11-20(3)19-13)18(24)21-9-10-22(14(2)23)17(12-21)15-7-5-4-6-8-15/h4-8,11,17H,9-10,12H2,1-3H3. The van der Waals surface area contributed by atoms with Crippen molar-refractivity contribution in [3.63, 3.8) is 0 Å². The van der Waals surface area contributed by atoms with Gasteiger partial charge in [0, 0.05) is 39.8 Å². The lowest BCUT2D eigenvalue weighted by molar-refractivity contribution is -0.133. The number of carbonyl (C=O) groups is 2. The summed E-state index contributed by atoms with van der Waals surface area (Å²) < 4.78 is 1.66. The van der Waals surface area contributed by atoms with E-state index in [0.29, 0.717) is 25.2 Å². The third-order valence-corrected chi connectivity index (χ3v) is 4.50. The van der Waals surface area contributed by atoms with E-state index in [1.54, 1.807) is 17.8 Å². The molecule has 3 rings (SSSR count). The predicted molar refractivity (Wildman–Crippen MR) is 90.4 cm³/mol. The first kappa shape index (κ1) is 16.2. The minimum absolute atomic E-state index is 0.0234. The molecule has 6 nitrogen and oxygen atoms in total. The van der Waals surface area contributed by atoms with E-state index in [4.69, 9.17) is 0 Å². The summed E-state index contributed by atoms with van der Waals surface area (Å²) in [6.45, 7) is 5.00. The Hall–Kier alpha value is -2.63. The summed E-state index contributed by atoms with van der Waals surface area (Å²) in [4.78, 5) is 28.5. The van der Waals surface area contributed by atoms with Crippen LogP contribution in [0.25, 0.3) is 0 Å². The van der Waals surface area contributed by atoms with Crippen LogP contribution in [0.5, 0.6) is 0 Å². The molecule has 1 saturated heterocycles. The van der Waals surface area contributed by atoms with Gasteiger partial charge < -0.3 is 9.80 Å². The largest absolute Gasteiger partial charge is 0.334 e. The molecule has 1 atom stereocenters. The Labute approximate surface area is 141 Å². The lowest BCUT2D eigenvalue weighted by Crippen LogP contribution is -2.51. The highest BCUT2D eigenvalue weighted by molar-refractivity contribution is 5.95. The number of nitrogens with zero attached hydrogens (tertiary/aromatic N) is 4. The Morgan fingerprint density at radius 1 is 1.17 bits per heavy atom. The molecule has 2 aromatic rings. The number of hydrogen-bond donors (Lipinski definition) is 0. The van der Waals surface area contributed by atoms with Crippen LogP contribution in [0.4, 0.5) is 0 Å². The van der Waals surface area contributed by atoms with E-state index < -0.39 is 0 Å². The smallest absolute Gasteiger partial charge is 0.257 e. The van der Waals surface area contributed by atoms with Crippen molar-refractivity contribution in [2.24, 2.45) is 7.05 Å². The summed E-state index contributed by atoms with van der Waals surface area (Å²) in [5, 5.41) is 4.25. The maximum absolute atomic E-state index is 12.9. The number of carbonyl (C=O) groups excluding carboxylic acids is 2. The number of aromatic nitrogens is 2. The number of piperazine rings is 1. The zero-order valence-electron chi connectivity index (χ0n) is 14.3. The van der Waals surface area contributed by atoms with E-state index in [0.717, 1.165) is 11.3 Å². The fourth-order valence-corrected chi connectivity index (χ4v) is 3.28. The van der Waals surface area contributed by atoms with Crippen molar-refractivity contribution in [3.05, 3.63) is 53.3 Å². The van der Waals surface area contributed by atoms with Gasteiger partial charge >= 0.3 is 0 Å². The van der Waals surface area contributed by atoms with E-state index in [2.05, 4.69) is 5.10 Å². The van der Waals surface area contributed by atoms with Crippen molar-refractivity contribution < 1.29 is 9.59 Å². The zero-order valence-corrected chi connectivity index (χ0v) is 14.3. The quantitative estimate of drug-likeness (QED) is 0.845. The highest BCUT2D eigenvalue weighted by Gasteiger charge is 2.33. The van der Waals surface area contributed by atoms with Crippen LogP contribution in [-0.4, -0.2) is 51.0 Å². The molecular formula is C18H22N4O2. The monoisotopic (exact) mass is 326 g/mol. The van der Waals surface area contributed by atoms with Gasteiger partial charge in [-0.15, -0.1) is 0 Å². The Bertz CT molecular complexity index is 754. The van der Waals surface area contributed by atoms with Crippen LogP contribution in [0.15, 0.2) is 36.5 Å². The second-order valence-electron chi connectivity index (χ2n) is 6.19. The van der Waals surface area contributed by atoms with Crippen LogP contribution in [-0.2, 0) is 11.8 Å². The van der Waals surface area contributed by atoms with Crippen molar-refractivity contribution >= 4 is 11.8 Å². The van der Waals surface area contributed by atoms with Crippen molar-refractivity contribution in [2.75, 3.05) is 19.6 Å². The second kappa shape index (κ2) is 6.47. The van der Waals surface area contributed by atoms with Gasteiger partial charge in [-0.1, -0.05) is 30.3 Å². The molecule has 2 heterocycles. The van der Waals surface area contributed by atoms with E-state index in [-0.39, 0.29) is 17.9 Å². The van der Waals surface area contributed by atoms with E-state index in [1.165, 1.54) is 0 Å². The topological polar surface area (TPSA) is 58.4 Å². The molecule has 6 heteroatoms. The fraction of sp³-hybridized carbons (Fsp3) is 0.389. The van der Waals surface area contributed by atoms with Gasteiger partial charge in [0.05, 0.1) is 17.3 Å². The molecule has 2 amide bonds. The SMILES string of the molecule is CC(=O)N1CCN(C(=O)c2cn(C)nc2C)CC1c1ccccc1. The molecule has 24 heavy (non-hydrogen) atoms. The molecule has 1 aromatic carbocycles. The number of hydrogen-bond acceptors (Lipinski definition) is 3. The fourth-order valence-electron chi connectivity index (χ4n) is 3.28. The average molecular weight is 326 g/mol. The molecule has 0 spiro atoms. The van der Waals surface area contributed by atoms with Gasteiger partial charge in [0.1, 0.15) is 0 Å². The van der Waals surface area contributed by atoms with Gasteiger partial charge in [-0.2, -0.15) is 5.10 Å². The molecule has 126 valence electrons. The zero-order chi connectivity index (χ0) is 17.3. The third-order valence-electron chi connectivity index (χ3n) is 4.50. The van der Waals surface area contributed by atoms with Crippen LogP contribution >= 0.6 is 0 Å². The van der Waals surface area contributed by atoms with Gasteiger partial charge in [-0.25, -0.2) is 0 Å². The normalized spacial score (nSPS) is 17.9. The Morgan fingerprint density at radius 2 is 1.88 bits per heavy atom. The molecule has 1 aliphatic rings. The molecule has 1 unspecified atom stereocenters. The average Bonchev–Trinajstić information content (AvgIpc) is 2.92. The molecular weight excluding hydrogens is 304 g/mol. The minimum Gasteiger partial charge on any atom is -0.334 e. The first-order valence-electron chi connectivity index (χ1n) is 8.09. The minimum atomic E-state index is -0.113. The lowest BCUT2D eigenvalue weighted by atomic mass is 10.0. The summed E-state index contributed by atoms with van der Waals surface area (Å²) in [5.74, 6) is 0.0123. The van der Waals surface area contributed by atoms with Gasteiger partial charge in [-0.05, 0) is 12.5 Å². The number of benzene rings is 1. The highest BCUT2D eigenvalue weighted by atomic mass is 16.2. The Kier molecular flexibility index (Phi) is 4.38. The van der Waals surface area contributed by atoms with E-state index in [9.17, 15) is 9.59 Å². The van der Waals surface area contributed by atoms with Gasteiger partial charge in [0.25, 0.3) is 5.91 Å². The van der Waals surface area contributed by atoms with Gasteiger partial charge in [0.15, 0.2) is 0 Å². The molecule has 0 bridgehead atoms. The summed E-state index contributed by atoms with van der Waals surface area (Å²) >= 11 is 0. The Balaban J connectivity index is 1.86. The molecule has 0 radical (unpaired) electrons. The molecule has 0 saturated carbocycles. The number of rotatable bonds is 2. The van der Waals surface area contributed by atoms with Gasteiger partial charge in [0.2, 0.25) is 5.91 Å². The highest BCUT2D eigenvalue weighted by Crippen LogP contribution is 2.26. The van der Waals surface area contributed by atoms with E-state index >= 15 is 0 Å². The molecule has 0 N–H and O–H groups in total. The Morgan fingerprint density at radius 3 is 2.46 bits per heavy atom. The van der Waals surface area contributed by atoms with Crippen molar-refractivity contribution in [2.45, 2.75) is 19.9 Å². The molecule has 0 aliphatic carbocycles. The maximum atomic E-state index is 12.9.